The Labute approximate surface area is 106 Å². The van der Waals surface area contributed by atoms with Gasteiger partial charge in [0.25, 0.3) is 0 Å². The predicted octanol–water partition coefficient (Wildman–Crippen LogP) is 1.59. The fourth-order valence-corrected chi connectivity index (χ4v) is 2.27. The lowest BCUT2D eigenvalue weighted by molar-refractivity contribution is -0.129. The van der Waals surface area contributed by atoms with E-state index in [2.05, 4.69) is 4.90 Å². The number of anilines is 2. The highest BCUT2D eigenvalue weighted by atomic mass is 35.5. The van der Waals surface area contributed by atoms with E-state index in [1.54, 1.807) is 13.0 Å². The Kier molecular flexibility index (Phi) is 3.43. The Morgan fingerprint density at radius 2 is 1.94 bits per heavy atom. The van der Waals surface area contributed by atoms with Crippen molar-refractivity contribution >= 4 is 28.9 Å². The first-order valence-corrected chi connectivity index (χ1v) is 6.01. The number of rotatable bonds is 1. The molecular weight excluding hydrogens is 238 g/mol. The van der Waals surface area contributed by atoms with E-state index in [-0.39, 0.29) is 5.91 Å². The minimum Gasteiger partial charge on any atom is -0.399 e. The van der Waals surface area contributed by atoms with Gasteiger partial charge in [0, 0.05) is 38.8 Å². The van der Waals surface area contributed by atoms with E-state index >= 15 is 0 Å². The summed E-state index contributed by atoms with van der Waals surface area (Å²) in [5.74, 6) is 0.128. The molecule has 1 aliphatic rings. The maximum atomic E-state index is 11.2. The first-order chi connectivity index (χ1) is 8.08. The first-order valence-electron chi connectivity index (χ1n) is 5.63. The first kappa shape index (κ1) is 12.0. The van der Waals surface area contributed by atoms with Gasteiger partial charge in [-0.1, -0.05) is 11.6 Å². The lowest BCUT2D eigenvalue weighted by atomic mass is 10.2. The largest absolute Gasteiger partial charge is 0.399 e. The quantitative estimate of drug-likeness (QED) is 0.774. The average molecular weight is 254 g/mol. The third-order valence-electron chi connectivity index (χ3n) is 3.04. The molecule has 1 amide bonds. The van der Waals surface area contributed by atoms with Crippen molar-refractivity contribution < 1.29 is 4.79 Å². The lowest BCUT2D eigenvalue weighted by Gasteiger charge is -2.36. The molecule has 2 N–H and O–H groups in total. The van der Waals surface area contributed by atoms with E-state index in [1.165, 1.54) is 0 Å². The number of nitrogens with two attached hydrogens (primary N) is 1. The maximum absolute atomic E-state index is 11.2. The van der Waals surface area contributed by atoms with E-state index in [9.17, 15) is 4.79 Å². The minimum absolute atomic E-state index is 0.128. The zero-order valence-electron chi connectivity index (χ0n) is 9.82. The summed E-state index contributed by atoms with van der Waals surface area (Å²) in [6.45, 7) is 4.66. The van der Waals surface area contributed by atoms with Gasteiger partial charge in [0.1, 0.15) is 0 Å². The Bertz CT molecular complexity index is 428. The van der Waals surface area contributed by atoms with Crippen LogP contribution in [0.3, 0.4) is 0 Å². The number of hydrogen-bond donors (Lipinski definition) is 1. The summed E-state index contributed by atoms with van der Waals surface area (Å²) >= 11 is 6.15. The molecular formula is C12H16ClN3O. The number of carbonyl (C=O) groups is 1. The van der Waals surface area contributed by atoms with Gasteiger partial charge in [0.2, 0.25) is 5.91 Å². The van der Waals surface area contributed by atoms with Crippen LogP contribution in [0.4, 0.5) is 11.4 Å². The molecule has 1 fully saturated rings. The molecule has 1 saturated heterocycles. The second-order valence-corrected chi connectivity index (χ2v) is 4.61. The second kappa shape index (κ2) is 4.84. The number of hydrogen-bond acceptors (Lipinski definition) is 3. The number of carbonyl (C=O) groups excluding carboxylic acids is 1. The minimum atomic E-state index is 0.128. The molecule has 0 aliphatic carbocycles. The molecule has 4 nitrogen and oxygen atoms in total. The van der Waals surface area contributed by atoms with Crippen LogP contribution in [-0.4, -0.2) is 37.0 Å². The van der Waals surface area contributed by atoms with Crippen molar-refractivity contribution in [2.45, 2.75) is 6.92 Å². The molecule has 5 heteroatoms. The number of benzene rings is 1. The summed E-state index contributed by atoms with van der Waals surface area (Å²) in [6, 6.07) is 5.48. The monoisotopic (exact) mass is 253 g/mol. The van der Waals surface area contributed by atoms with Crippen LogP contribution in [0.2, 0.25) is 5.02 Å². The number of halogens is 1. The molecule has 17 heavy (non-hydrogen) atoms. The van der Waals surface area contributed by atoms with Gasteiger partial charge in [-0.05, 0) is 18.2 Å². The highest BCUT2D eigenvalue weighted by Crippen LogP contribution is 2.28. The summed E-state index contributed by atoms with van der Waals surface area (Å²) in [6.07, 6.45) is 0. The van der Waals surface area contributed by atoms with Crippen molar-refractivity contribution in [3.05, 3.63) is 23.2 Å². The zero-order chi connectivity index (χ0) is 12.4. The van der Waals surface area contributed by atoms with E-state index in [0.717, 1.165) is 31.9 Å². The predicted molar refractivity (Wildman–Crippen MR) is 70.3 cm³/mol. The summed E-state index contributed by atoms with van der Waals surface area (Å²) in [4.78, 5) is 15.2. The Balaban J connectivity index is 2.10. The molecule has 0 radical (unpaired) electrons. The van der Waals surface area contributed by atoms with Crippen molar-refractivity contribution in [1.82, 2.24) is 4.90 Å². The third-order valence-corrected chi connectivity index (χ3v) is 3.36. The molecule has 1 aromatic rings. The molecule has 92 valence electrons. The van der Waals surface area contributed by atoms with Gasteiger partial charge < -0.3 is 15.5 Å². The molecule has 0 aromatic heterocycles. The molecule has 1 heterocycles. The van der Waals surface area contributed by atoms with Crippen LogP contribution >= 0.6 is 11.6 Å². The van der Waals surface area contributed by atoms with Crippen LogP contribution in [0, 0.1) is 0 Å². The topological polar surface area (TPSA) is 49.6 Å². The lowest BCUT2D eigenvalue weighted by Crippen LogP contribution is -2.48. The highest BCUT2D eigenvalue weighted by Gasteiger charge is 2.20. The Morgan fingerprint density at radius 3 is 2.53 bits per heavy atom. The van der Waals surface area contributed by atoms with E-state index in [4.69, 9.17) is 17.3 Å². The summed E-state index contributed by atoms with van der Waals surface area (Å²) < 4.78 is 0. The molecule has 2 rings (SSSR count). The molecule has 0 bridgehead atoms. The second-order valence-electron chi connectivity index (χ2n) is 4.20. The van der Waals surface area contributed by atoms with Crippen LogP contribution in [0.25, 0.3) is 0 Å². The fraction of sp³-hybridized carbons (Fsp3) is 0.417. The number of nitrogens with zero attached hydrogens (tertiary/aromatic N) is 2. The Hall–Kier alpha value is -1.42. The van der Waals surface area contributed by atoms with Crippen molar-refractivity contribution in [1.29, 1.82) is 0 Å². The van der Waals surface area contributed by atoms with Crippen LogP contribution < -0.4 is 10.6 Å². The number of nitrogen functional groups attached to an aromatic ring is 1. The number of piperazine rings is 1. The maximum Gasteiger partial charge on any atom is 0.219 e. The van der Waals surface area contributed by atoms with Crippen molar-refractivity contribution in [2.24, 2.45) is 0 Å². The average Bonchev–Trinajstić information content (AvgIpc) is 2.32. The molecule has 0 atom stereocenters. The zero-order valence-corrected chi connectivity index (χ0v) is 10.6. The molecule has 1 aliphatic heterocycles. The normalized spacial score (nSPS) is 16.1. The molecule has 0 spiro atoms. The van der Waals surface area contributed by atoms with Crippen molar-refractivity contribution in [3.63, 3.8) is 0 Å². The molecule has 0 saturated carbocycles. The van der Waals surface area contributed by atoms with Gasteiger partial charge in [0.05, 0.1) is 10.7 Å². The molecule has 0 unspecified atom stereocenters. The Morgan fingerprint density at radius 1 is 1.29 bits per heavy atom. The van der Waals surface area contributed by atoms with Crippen molar-refractivity contribution in [2.75, 3.05) is 36.8 Å². The smallest absolute Gasteiger partial charge is 0.219 e. The van der Waals surface area contributed by atoms with Crippen LogP contribution in [0.1, 0.15) is 6.92 Å². The van der Waals surface area contributed by atoms with Gasteiger partial charge in [-0.3, -0.25) is 4.79 Å². The van der Waals surface area contributed by atoms with Crippen molar-refractivity contribution in [3.8, 4) is 0 Å². The standard InChI is InChI=1S/C12H16ClN3O/c1-9(17)15-4-6-16(7-5-15)12-8-10(14)2-3-11(12)13/h2-3,8H,4-7,14H2,1H3. The summed E-state index contributed by atoms with van der Waals surface area (Å²) in [5, 5.41) is 0.704. The van der Waals surface area contributed by atoms with Gasteiger partial charge in [0.15, 0.2) is 0 Å². The van der Waals surface area contributed by atoms with E-state index in [1.807, 2.05) is 17.0 Å². The van der Waals surface area contributed by atoms with Gasteiger partial charge in [-0.25, -0.2) is 0 Å². The fourth-order valence-electron chi connectivity index (χ4n) is 2.03. The van der Waals surface area contributed by atoms with Crippen LogP contribution in [0.15, 0.2) is 18.2 Å². The summed E-state index contributed by atoms with van der Waals surface area (Å²) in [5.41, 5.74) is 7.42. The van der Waals surface area contributed by atoms with E-state index in [0.29, 0.717) is 10.7 Å². The van der Waals surface area contributed by atoms with E-state index < -0.39 is 0 Å². The SMILES string of the molecule is CC(=O)N1CCN(c2cc(N)ccc2Cl)CC1. The summed E-state index contributed by atoms with van der Waals surface area (Å²) in [7, 11) is 0. The van der Waals surface area contributed by atoms with Gasteiger partial charge in [-0.2, -0.15) is 0 Å². The third kappa shape index (κ3) is 2.64. The number of amides is 1. The van der Waals surface area contributed by atoms with Gasteiger partial charge >= 0.3 is 0 Å². The van der Waals surface area contributed by atoms with Crippen LogP contribution in [0.5, 0.6) is 0 Å². The highest BCUT2D eigenvalue weighted by molar-refractivity contribution is 6.33. The van der Waals surface area contributed by atoms with Gasteiger partial charge in [-0.15, -0.1) is 0 Å². The molecule has 1 aromatic carbocycles. The van der Waals surface area contributed by atoms with Crippen LogP contribution in [-0.2, 0) is 4.79 Å².